The van der Waals surface area contributed by atoms with Crippen LogP contribution in [-0.2, 0) is 4.79 Å². The summed E-state index contributed by atoms with van der Waals surface area (Å²) in [5.41, 5.74) is 4.24. The smallest absolute Gasteiger partial charge is 0.161 e. The Bertz CT molecular complexity index is 668. The van der Waals surface area contributed by atoms with Gasteiger partial charge in [-0.3, -0.25) is 4.79 Å². The Balaban J connectivity index is 2.26. The summed E-state index contributed by atoms with van der Waals surface area (Å²) in [5.74, 6) is 0.726. The maximum Gasteiger partial charge on any atom is 0.161 e. The first-order valence-corrected chi connectivity index (χ1v) is 7.87. The molecule has 2 rings (SSSR count). The second kappa shape index (κ2) is 7.63. The Morgan fingerprint density at radius 3 is 1.78 bits per heavy atom. The first-order valence-electron chi connectivity index (χ1n) is 7.87. The van der Waals surface area contributed by atoms with E-state index in [0.717, 1.165) is 11.4 Å². The minimum Gasteiger partial charge on any atom is -0.342 e. The number of anilines is 2. The Hall–Kier alpha value is -2.55. The van der Waals surface area contributed by atoms with Crippen LogP contribution in [0.3, 0.4) is 0 Å². The lowest BCUT2D eigenvalue weighted by Crippen LogP contribution is -2.14. The average Bonchev–Trinajstić information content (AvgIpc) is 2.47. The zero-order valence-electron chi connectivity index (χ0n) is 14.2. The van der Waals surface area contributed by atoms with Gasteiger partial charge in [0.1, 0.15) is 5.82 Å². The fourth-order valence-electron chi connectivity index (χ4n) is 2.17. The van der Waals surface area contributed by atoms with E-state index in [4.69, 9.17) is 0 Å². The number of carbonyl (C=O) groups excluding carboxylic acids is 1. The number of nitrogens with one attached hydrogen (secondary N) is 2. The van der Waals surface area contributed by atoms with Crippen molar-refractivity contribution in [1.82, 2.24) is 0 Å². The predicted molar refractivity (Wildman–Crippen MR) is 97.5 cm³/mol. The average molecular weight is 308 g/mol. The molecule has 0 aliphatic carbocycles. The lowest BCUT2D eigenvalue weighted by atomic mass is 10.1. The van der Waals surface area contributed by atoms with Crippen LogP contribution in [-0.4, -0.2) is 5.78 Å². The van der Waals surface area contributed by atoms with Crippen molar-refractivity contribution in [3.05, 3.63) is 71.6 Å². The summed E-state index contributed by atoms with van der Waals surface area (Å²) in [5, 5.41) is 6.61. The monoisotopic (exact) mass is 308 g/mol. The molecule has 0 radical (unpaired) electrons. The summed E-state index contributed by atoms with van der Waals surface area (Å²) in [6.07, 6.45) is 1.63. The molecule has 0 amide bonds. The van der Waals surface area contributed by atoms with Gasteiger partial charge in [0.2, 0.25) is 0 Å². The molecule has 0 saturated carbocycles. The van der Waals surface area contributed by atoms with Crippen LogP contribution >= 0.6 is 0 Å². The number of hydrogen-bond donors (Lipinski definition) is 2. The van der Waals surface area contributed by atoms with Crippen LogP contribution in [0, 0.1) is 19.8 Å². The van der Waals surface area contributed by atoms with Crippen molar-refractivity contribution in [3.8, 4) is 0 Å². The van der Waals surface area contributed by atoms with Gasteiger partial charge in [-0.25, -0.2) is 0 Å². The van der Waals surface area contributed by atoms with Gasteiger partial charge in [0.05, 0.1) is 0 Å². The highest BCUT2D eigenvalue weighted by atomic mass is 16.1. The molecule has 0 spiro atoms. The zero-order chi connectivity index (χ0) is 16.8. The number of hydrogen-bond acceptors (Lipinski definition) is 3. The van der Waals surface area contributed by atoms with Crippen molar-refractivity contribution < 1.29 is 4.79 Å². The van der Waals surface area contributed by atoms with Crippen molar-refractivity contribution in [2.75, 3.05) is 10.6 Å². The molecule has 120 valence electrons. The number of carbonyl (C=O) groups is 1. The summed E-state index contributed by atoms with van der Waals surface area (Å²) in [7, 11) is 0. The molecule has 0 aliphatic rings. The molecule has 0 aromatic heterocycles. The Morgan fingerprint density at radius 2 is 1.39 bits per heavy atom. The highest BCUT2D eigenvalue weighted by Gasteiger charge is 2.08. The van der Waals surface area contributed by atoms with Crippen LogP contribution in [0.1, 0.15) is 25.0 Å². The predicted octanol–water partition coefficient (Wildman–Crippen LogP) is 4.89. The summed E-state index contributed by atoms with van der Waals surface area (Å²) >= 11 is 0. The van der Waals surface area contributed by atoms with Gasteiger partial charge in [-0.2, -0.15) is 0 Å². The zero-order valence-corrected chi connectivity index (χ0v) is 14.2. The van der Waals surface area contributed by atoms with E-state index in [1.807, 2.05) is 76.2 Å². The minimum atomic E-state index is -0.0383. The van der Waals surface area contributed by atoms with Crippen LogP contribution in [0.25, 0.3) is 0 Å². The van der Waals surface area contributed by atoms with Crippen LogP contribution in [0.5, 0.6) is 0 Å². The van der Waals surface area contributed by atoms with Crippen molar-refractivity contribution >= 4 is 17.2 Å². The van der Waals surface area contributed by atoms with Crippen LogP contribution in [0.15, 0.2) is 60.4 Å². The fourth-order valence-corrected chi connectivity index (χ4v) is 2.17. The molecular weight excluding hydrogens is 284 g/mol. The standard InChI is InChI=1S/C20H24N2O/c1-14(2)19(23)13-20(21-17-9-5-7-15(3)11-17)22-18-10-6-8-16(4)12-18/h5-14,21-22H,1-4H3. The van der Waals surface area contributed by atoms with Gasteiger partial charge in [-0.1, -0.05) is 38.1 Å². The Morgan fingerprint density at radius 1 is 0.913 bits per heavy atom. The van der Waals surface area contributed by atoms with E-state index < -0.39 is 0 Å². The number of aryl methyl sites for hydroxylation is 2. The highest BCUT2D eigenvalue weighted by Crippen LogP contribution is 2.17. The summed E-state index contributed by atoms with van der Waals surface area (Å²) in [4.78, 5) is 12.1. The molecule has 2 aromatic carbocycles. The van der Waals surface area contributed by atoms with Gasteiger partial charge in [-0.05, 0) is 49.2 Å². The van der Waals surface area contributed by atoms with E-state index in [0.29, 0.717) is 5.82 Å². The lowest BCUT2D eigenvalue weighted by Gasteiger charge is -2.15. The Kier molecular flexibility index (Phi) is 5.58. The normalized spacial score (nSPS) is 10.3. The van der Waals surface area contributed by atoms with E-state index in [2.05, 4.69) is 10.6 Å². The molecule has 0 bridgehead atoms. The van der Waals surface area contributed by atoms with Crippen molar-refractivity contribution in [1.29, 1.82) is 0 Å². The molecule has 3 nitrogen and oxygen atoms in total. The number of benzene rings is 2. The Labute approximate surface area is 138 Å². The minimum absolute atomic E-state index is 0.0383. The summed E-state index contributed by atoms with van der Waals surface area (Å²) in [6.45, 7) is 7.88. The molecule has 0 unspecified atom stereocenters. The number of rotatable bonds is 6. The van der Waals surface area contributed by atoms with Gasteiger partial charge >= 0.3 is 0 Å². The number of allylic oxidation sites excluding steroid dienone is 1. The molecule has 0 fully saturated rings. The van der Waals surface area contributed by atoms with E-state index in [9.17, 15) is 4.79 Å². The topological polar surface area (TPSA) is 41.1 Å². The van der Waals surface area contributed by atoms with E-state index in [-0.39, 0.29) is 11.7 Å². The molecule has 0 saturated heterocycles. The molecule has 23 heavy (non-hydrogen) atoms. The van der Waals surface area contributed by atoms with Gasteiger partial charge in [0, 0.05) is 23.4 Å². The first-order chi connectivity index (χ1) is 10.9. The largest absolute Gasteiger partial charge is 0.342 e. The third kappa shape index (κ3) is 5.29. The highest BCUT2D eigenvalue weighted by molar-refractivity contribution is 5.92. The summed E-state index contributed by atoms with van der Waals surface area (Å²) in [6, 6.07) is 16.1. The van der Waals surface area contributed by atoms with E-state index in [1.165, 1.54) is 11.1 Å². The third-order valence-electron chi connectivity index (χ3n) is 3.45. The van der Waals surface area contributed by atoms with E-state index >= 15 is 0 Å². The fraction of sp³-hybridized carbons (Fsp3) is 0.250. The first kappa shape index (κ1) is 16.8. The number of ketones is 1. The maximum atomic E-state index is 12.1. The third-order valence-corrected chi connectivity index (χ3v) is 3.45. The van der Waals surface area contributed by atoms with Gasteiger partial charge < -0.3 is 10.6 Å². The molecule has 0 heterocycles. The van der Waals surface area contributed by atoms with Crippen molar-refractivity contribution in [2.45, 2.75) is 27.7 Å². The van der Waals surface area contributed by atoms with Gasteiger partial charge in [0.25, 0.3) is 0 Å². The molecule has 3 heteroatoms. The van der Waals surface area contributed by atoms with Crippen molar-refractivity contribution in [3.63, 3.8) is 0 Å². The van der Waals surface area contributed by atoms with Crippen LogP contribution < -0.4 is 10.6 Å². The van der Waals surface area contributed by atoms with Gasteiger partial charge in [0.15, 0.2) is 5.78 Å². The molecular formula is C20H24N2O. The molecule has 0 aliphatic heterocycles. The van der Waals surface area contributed by atoms with Crippen LogP contribution in [0.4, 0.5) is 11.4 Å². The molecule has 2 aromatic rings. The van der Waals surface area contributed by atoms with E-state index in [1.54, 1.807) is 6.08 Å². The molecule has 0 atom stereocenters. The van der Waals surface area contributed by atoms with Crippen molar-refractivity contribution in [2.24, 2.45) is 5.92 Å². The summed E-state index contributed by atoms with van der Waals surface area (Å²) < 4.78 is 0. The maximum absolute atomic E-state index is 12.1. The van der Waals surface area contributed by atoms with Gasteiger partial charge in [-0.15, -0.1) is 0 Å². The SMILES string of the molecule is Cc1cccc(NC(=CC(=O)C(C)C)Nc2cccc(C)c2)c1. The lowest BCUT2D eigenvalue weighted by molar-refractivity contribution is -0.117. The van der Waals surface area contributed by atoms with Crippen LogP contribution in [0.2, 0.25) is 0 Å². The quantitative estimate of drug-likeness (QED) is 0.746. The molecule has 2 N–H and O–H groups in total. The second-order valence-electron chi connectivity index (χ2n) is 6.10. The second-order valence-corrected chi connectivity index (χ2v) is 6.10.